The van der Waals surface area contributed by atoms with Crippen LogP contribution >= 0.6 is 12.4 Å². The van der Waals surface area contributed by atoms with Gasteiger partial charge in [-0.1, -0.05) is 26.0 Å². The van der Waals surface area contributed by atoms with Crippen LogP contribution in [0.25, 0.3) is 10.9 Å². The van der Waals surface area contributed by atoms with E-state index in [4.69, 9.17) is 0 Å². The fourth-order valence-corrected chi connectivity index (χ4v) is 6.55. The van der Waals surface area contributed by atoms with E-state index in [1.165, 1.54) is 17.7 Å². The fourth-order valence-electron chi connectivity index (χ4n) is 5.20. The lowest BCUT2D eigenvalue weighted by molar-refractivity contribution is 0.503. The average Bonchev–Trinajstić information content (AvgIpc) is 3.20. The van der Waals surface area contributed by atoms with E-state index >= 15 is 0 Å². The summed E-state index contributed by atoms with van der Waals surface area (Å²) in [7, 11) is -1.44. The van der Waals surface area contributed by atoms with Gasteiger partial charge < -0.3 is 9.88 Å². The topological polar surface area (TPSA) is 51.1 Å². The Labute approximate surface area is 185 Å². The summed E-state index contributed by atoms with van der Waals surface area (Å²) >= 11 is 0. The maximum absolute atomic E-state index is 13.4. The van der Waals surface area contributed by atoms with Gasteiger partial charge in [-0.15, -0.1) is 12.4 Å². The van der Waals surface area contributed by atoms with Crippen LogP contribution in [0.4, 0.5) is 0 Å². The van der Waals surface area contributed by atoms with Gasteiger partial charge in [-0.25, -0.2) is 8.42 Å². The normalized spacial score (nSPS) is 20.4. The molecule has 0 spiro atoms. The zero-order chi connectivity index (χ0) is 20.3. The van der Waals surface area contributed by atoms with E-state index in [1.807, 2.05) is 30.3 Å². The van der Waals surface area contributed by atoms with Gasteiger partial charge in [0.05, 0.1) is 9.79 Å². The molecule has 0 aliphatic carbocycles. The van der Waals surface area contributed by atoms with Crippen molar-refractivity contribution >= 4 is 33.1 Å². The first kappa shape index (κ1) is 21.4. The van der Waals surface area contributed by atoms with Gasteiger partial charge >= 0.3 is 0 Å². The van der Waals surface area contributed by atoms with Crippen molar-refractivity contribution in [3.63, 3.8) is 0 Å². The molecule has 1 aromatic heterocycles. The van der Waals surface area contributed by atoms with Crippen LogP contribution in [0, 0.1) is 5.92 Å². The minimum atomic E-state index is -3.55. The number of halogens is 1. The Bertz CT molecular complexity index is 1210. The molecule has 2 aromatic carbocycles. The maximum Gasteiger partial charge on any atom is 0.206 e. The molecule has 5 rings (SSSR count). The zero-order valence-corrected chi connectivity index (χ0v) is 19.3. The standard InChI is InChI=1S/C24H28N2O2S.ClH/c1-15(2)11-16-5-4-6-18(12-16)29(27,28)19-8-10-22-20(14-19)24-21-9-7-17(25-21)13-23(24)26(22)3;/h4-6,8,10,12,14-15,17,21,25H,7,9,11,13H2,1-3H3;1H. The minimum absolute atomic E-state index is 0. The van der Waals surface area contributed by atoms with Gasteiger partial charge in [0.15, 0.2) is 0 Å². The summed E-state index contributed by atoms with van der Waals surface area (Å²) in [6, 6.07) is 14.0. The summed E-state index contributed by atoms with van der Waals surface area (Å²) in [5.74, 6) is 0.489. The van der Waals surface area contributed by atoms with Crippen LogP contribution in [0.3, 0.4) is 0 Å². The molecule has 2 aliphatic rings. The molecule has 2 bridgehead atoms. The monoisotopic (exact) mass is 444 g/mol. The van der Waals surface area contributed by atoms with Crippen molar-refractivity contribution in [3.05, 3.63) is 59.3 Å². The lowest BCUT2D eigenvalue weighted by atomic mass is 9.99. The number of benzene rings is 2. The van der Waals surface area contributed by atoms with Crippen molar-refractivity contribution in [2.75, 3.05) is 0 Å². The molecule has 1 fully saturated rings. The second-order valence-corrected chi connectivity index (χ2v) is 11.0. The molecule has 2 aliphatic heterocycles. The van der Waals surface area contributed by atoms with Crippen molar-refractivity contribution in [1.29, 1.82) is 0 Å². The second kappa shape index (κ2) is 7.70. The Kier molecular flexibility index (Phi) is 5.50. The summed E-state index contributed by atoms with van der Waals surface area (Å²) in [4.78, 5) is 0.777. The smallest absolute Gasteiger partial charge is 0.206 e. The molecule has 0 amide bonds. The molecule has 6 heteroatoms. The third-order valence-electron chi connectivity index (χ3n) is 6.53. The first-order valence-electron chi connectivity index (χ1n) is 10.6. The number of hydrogen-bond acceptors (Lipinski definition) is 3. The lowest BCUT2D eigenvalue weighted by Crippen LogP contribution is -2.32. The summed E-state index contributed by atoms with van der Waals surface area (Å²) < 4.78 is 29.1. The number of sulfone groups is 1. The number of aromatic nitrogens is 1. The average molecular weight is 445 g/mol. The van der Waals surface area contributed by atoms with E-state index in [1.54, 1.807) is 12.1 Å². The zero-order valence-electron chi connectivity index (χ0n) is 17.7. The molecule has 0 radical (unpaired) electrons. The third kappa shape index (κ3) is 3.37. The highest BCUT2D eigenvalue weighted by Crippen LogP contribution is 2.42. The highest BCUT2D eigenvalue weighted by atomic mass is 35.5. The molecule has 2 unspecified atom stereocenters. The van der Waals surface area contributed by atoms with E-state index in [-0.39, 0.29) is 12.4 Å². The van der Waals surface area contributed by atoms with Crippen LogP contribution in [-0.4, -0.2) is 19.0 Å². The van der Waals surface area contributed by atoms with Crippen LogP contribution in [0.5, 0.6) is 0 Å². The van der Waals surface area contributed by atoms with Crippen molar-refractivity contribution < 1.29 is 8.42 Å². The molecule has 30 heavy (non-hydrogen) atoms. The van der Waals surface area contributed by atoms with Crippen molar-refractivity contribution in [2.24, 2.45) is 13.0 Å². The number of rotatable bonds is 4. The molecule has 1 N–H and O–H groups in total. The van der Waals surface area contributed by atoms with E-state index in [2.05, 4.69) is 30.8 Å². The Balaban J connectivity index is 0.00000218. The number of nitrogens with zero attached hydrogens (tertiary/aromatic N) is 1. The highest BCUT2D eigenvalue weighted by molar-refractivity contribution is 7.91. The molecule has 4 nitrogen and oxygen atoms in total. The highest BCUT2D eigenvalue weighted by Gasteiger charge is 2.36. The van der Waals surface area contributed by atoms with E-state index in [9.17, 15) is 8.42 Å². The number of aryl methyl sites for hydroxylation is 1. The predicted molar refractivity (Wildman–Crippen MR) is 123 cm³/mol. The van der Waals surface area contributed by atoms with E-state index in [0.29, 0.717) is 27.8 Å². The first-order valence-corrected chi connectivity index (χ1v) is 12.0. The quantitative estimate of drug-likeness (QED) is 0.617. The molecule has 3 heterocycles. The van der Waals surface area contributed by atoms with Gasteiger partial charge in [0.2, 0.25) is 9.84 Å². The summed E-state index contributed by atoms with van der Waals surface area (Å²) in [5, 5.41) is 4.79. The van der Waals surface area contributed by atoms with Crippen LogP contribution in [0.2, 0.25) is 0 Å². The van der Waals surface area contributed by atoms with Crippen molar-refractivity contribution in [3.8, 4) is 0 Å². The second-order valence-electron chi connectivity index (χ2n) is 9.04. The van der Waals surface area contributed by atoms with Crippen molar-refractivity contribution in [2.45, 2.75) is 61.4 Å². The first-order chi connectivity index (χ1) is 13.8. The molecule has 160 valence electrons. The predicted octanol–water partition coefficient (Wildman–Crippen LogP) is 4.98. The molecular weight excluding hydrogens is 416 g/mol. The van der Waals surface area contributed by atoms with Crippen molar-refractivity contribution in [1.82, 2.24) is 9.88 Å². The van der Waals surface area contributed by atoms with E-state index < -0.39 is 9.84 Å². The molecule has 2 atom stereocenters. The van der Waals surface area contributed by atoms with Crippen LogP contribution in [0.1, 0.15) is 49.6 Å². The number of nitrogens with one attached hydrogen (secondary N) is 1. The number of fused-ring (bicyclic) bond motifs is 6. The van der Waals surface area contributed by atoms with Gasteiger partial charge in [0, 0.05) is 42.1 Å². The Hall–Kier alpha value is -1.82. The van der Waals surface area contributed by atoms with Gasteiger partial charge in [-0.3, -0.25) is 0 Å². The Morgan fingerprint density at radius 3 is 2.63 bits per heavy atom. The van der Waals surface area contributed by atoms with Crippen LogP contribution in [0.15, 0.2) is 52.3 Å². The molecular formula is C24H29ClN2O2S. The maximum atomic E-state index is 13.4. The van der Waals surface area contributed by atoms with E-state index in [0.717, 1.165) is 35.7 Å². The summed E-state index contributed by atoms with van der Waals surface area (Å²) in [5.41, 5.74) is 4.86. The third-order valence-corrected chi connectivity index (χ3v) is 8.28. The Morgan fingerprint density at radius 2 is 1.87 bits per heavy atom. The van der Waals surface area contributed by atoms with Crippen LogP contribution in [-0.2, 0) is 29.7 Å². The largest absolute Gasteiger partial charge is 0.347 e. The minimum Gasteiger partial charge on any atom is -0.347 e. The Morgan fingerprint density at radius 1 is 1.10 bits per heavy atom. The molecule has 1 saturated heterocycles. The molecule has 3 aromatic rings. The van der Waals surface area contributed by atoms with Gasteiger partial charge in [0.25, 0.3) is 0 Å². The fraction of sp³-hybridized carbons (Fsp3) is 0.417. The summed E-state index contributed by atoms with van der Waals surface area (Å²) in [6.45, 7) is 4.30. The lowest BCUT2D eigenvalue weighted by Gasteiger charge is -2.23. The van der Waals surface area contributed by atoms with Gasteiger partial charge in [-0.2, -0.15) is 0 Å². The summed E-state index contributed by atoms with van der Waals surface area (Å²) in [6.07, 6.45) is 4.23. The van der Waals surface area contributed by atoms with Gasteiger partial charge in [0.1, 0.15) is 0 Å². The van der Waals surface area contributed by atoms with Crippen LogP contribution < -0.4 is 5.32 Å². The number of hydrogen-bond donors (Lipinski definition) is 1. The SMILES string of the molecule is CC(C)Cc1cccc(S(=O)(=O)c2ccc3c(c2)c2c(n3C)CC3CCC2N3)c1.Cl. The van der Waals surface area contributed by atoms with Gasteiger partial charge in [-0.05, 0) is 66.6 Å². The molecule has 0 saturated carbocycles.